The first-order valence-electron chi connectivity index (χ1n) is 31.1. The average molecular weight is 1220 g/mol. The van der Waals surface area contributed by atoms with Crippen LogP contribution in [0.3, 0.4) is 0 Å². The van der Waals surface area contributed by atoms with E-state index in [1.54, 1.807) is 57.2 Å². The number of ether oxygens (including phenoxy) is 3. The quantitative estimate of drug-likeness (QED) is 0.0253. The van der Waals surface area contributed by atoms with Crippen molar-refractivity contribution in [2.24, 2.45) is 10.8 Å². The summed E-state index contributed by atoms with van der Waals surface area (Å²) in [5.41, 5.74) is 0.896. The van der Waals surface area contributed by atoms with Crippen molar-refractivity contribution in [1.82, 2.24) is 24.2 Å². The maximum atomic E-state index is 13.7. The average Bonchev–Trinajstić information content (AvgIpc) is 1.78. The second-order valence-corrected chi connectivity index (χ2v) is 27.7. The Hall–Kier alpha value is -5.10. The SMILES string of the molecule is CC(C)N(C(C)C)P(OCCC#N)N(C(C)C)C(C)C.[2H]CC1(COP(OCC[N+]#[C-])N(C(C)C)C(C)C)CCN(C(=O)CCCCCNC(=O)c2ccc3c(c2)C(=O)OC32c3ccc(C)cc3Oc3cc(OC(=O)C(C)(C)C)ccc32)CC1.[3H]OC. The lowest BCUT2D eigenvalue weighted by Crippen LogP contribution is -2.44. The van der Waals surface area contributed by atoms with Crippen molar-refractivity contribution < 1.29 is 53.4 Å². The van der Waals surface area contributed by atoms with Gasteiger partial charge >= 0.3 is 11.9 Å². The number of benzene rings is 3. The number of carbonyl (C=O) groups is 4. The number of unbranched alkanes of at least 4 members (excludes halogenated alkanes) is 2. The maximum Gasteiger partial charge on any atom is 0.340 e. The number of hydrogen-bond acceptors (Lipinski definition) is 15. The van der Waals surface area contributed by atoms with Gasteiger partial charge in [-0.15, -0.1) is 0 Å². The zero-order valence-corrected chi connectivity index (χ0v) is 55.6. The molecule has 3 aliphatic heterocycles. The summed E-state index contributed by atoms with van der Waals surface area (Å²) in [7, 11) is -0.943. The molecule has 18 nitrogen and oxygen atoms in total. The molecule has 470 valence electrons. The molecule has 85 heavy (non-hydrogen) atoms. The van der Waals surface area contributed by atoms with E-state index < -0.39 is 39.9 Å². The number of piperidine rings is 1. The highest BCUT2D eigenvalue weighted by atomic mass is 31.2. The minimum Gasteiger partial charge on any atom is -0.456 e. The van der Waals surface area contributed by atoms with E-state index in [1.807, 2.05) is 30.0 Å². The van der Waals surface area contributed by atoms with Gasteiger partial charge in [0.2, 0.25) is 13.9 Å². The molecule has 1 saturated heterocycles. The molecule has 0 saturated carbocycles. The van der Waals surface area contributed by atoms with Gasteiger partial charge in [0.05, 0.1) is 36.7 Å². The van der Waals surface area contributed by atoms with Crippen molar-refractivity contribution in [2.75, 3.05) is 53.1 Å². The van der Waals surface area contributed by atoms with Crippen LogP contribution in [0.25, 0.3) is 4.85 Å². The van der Waals surface area contributed by atoms with Gasteiger partial charge in [0, 0.05) is 99.1 Å². The van der Waals surface area contributed by atoms with E-state index in [4.69, 9.17) is 42.4 Å². The molecule has 3 aromatic carbocycles. The second kappa shape index (κ2) is 33.3. The lowest BCUT2D eigenvalue weighted by Gasteiger charge is -2.45. The van der Waals surface area contributed by atoms with Crippen molar-refractivity contribution in [1.29, 1.82) is 6.69 Å². The van der Waals surface area contributed by atoms with Crippen LogP contribution in [0.5, 0.6) is 17.2 Å². The van der Waals surface area contributed by atoms with E-state index in [-0.39, 0.29) is 48.3 Å². The van der Waals surface area contributed by atoms with Crippen LogP contribution < -0.4 is 14.8 Å². The van der Waals surface area contributed by atoms with Crippen molar-refractivity contribution in [3.8, 4) is 23.3 Å². The molecule has 20 heteroatoms. The number of carbonyl (C=O) groups excluding carboxylic acids is 4. The van der Waals surface area contributed by atoms with Crippen molar-refractivity contribution in [3.63, 3.8) is 0 Å². The fourth-order valence-electron chi connectivity index (χ4n) is 10.6. The predicted molar refractivity (Wildman–Crippen MR) is 337 cm³/mol. The van der Waals surface area contributed by atoms with Gasteiger partial charge in [0.25, 0.3) is 14.4 Å². The molecule has 1 spiro atoms. The zero-order chi connectivity index (χ0) is 65.0. The Balaban J connectivity index is 0.000000595. The van der Waals surface area contributed by atoms with E-state index in [9.17, 15) is 19.2 Å². The third kappa shape index (κ3) is 19.2. The number of rotatable bonds is 26. The number of fused-ring (bicyclic) bond motifs is 6. The molecule has 0 aromatic heterocycles. The normalized spacial score (nSPS) is 16.7. The summed E-state index contributed by atoms with van der Waals surface area (Å²) in [6.45, 7) is 43.7. The summed E-state index contributed by atoms with van der Waals surface area (Å²) in [6, 6.07) is 20.0. The topological polar surface area (TPSA) is 197 Å². The highest BCUT2D eigenvalue weighted by molar-refractivity contribution is 7.47. The van der Waals surface area contributed by atoms with Crippen molar-refractivity contribution in [2.45, 2.75) is 204 Å². The molecule has 2 amide bonds. The first-order valence-corrected chi connectivity index (χ1v) is 32.3. The van der Waals surface area contributed by atoms with Gasteiger partial charge in [0.1, 0.15) is 23.9 Å². The van der Waals surface area contributed by atoms with E-state index in [1.165, 1.54) is 7.11 Å². The molecular weight excluding hydrogens is 1120 g/mol. The predicted octanol–water partition coefficient (Wildman–Crippen LogP) is 13.7. The standard InChI is InChI=1S/C49H63N4O9P.C15H32N3OP.CH4O/c1-32(2)53(33(3)4)63(58-27-24-50-10)59-31-48(9)21-25-52(26-22-48)43(54)14-12-11-13-23-51-44(55)35-16-19-38-37(29-35)45(56)62-49(38)39-18-15-34(5)28-41(39)61-42-30-36(17-20-40(42)49)60-46(57)47(6,7)8;1-12(2)17(13(3)4)20(19-11-9-10-16)18(14(5)6)15(7)8;1-2/h15-20,28-30,32-33H,11-14,21-27,31H2,1-9H3,(H,51,55);12-15H,9,11H2,1-8H3;2H,1H3/i9D;;2T. The van der Waals surface area contributed by atoms with E-state index in [0.29, 0.717) is 142 Å². The molecule has 0 aliphatic carbocycles. The highest BCUT2D eigenvalue weighted by Crippen LogP contribution is 2.57. The molecule has 0 radical (unpaired) electrons. The first kappa shape index (κ1) is 69.0. The molecule has 3 aromatic rings. The van der Waals surface area contributed by atoms with E-state index in [0.717, 1.165) is 12.0 Å². The fraction of sp³-hybridized carbons (Fsp3) is 0.631. The summed E-state index contributed by atoms with van der Waals surface area (Å²) >= 11 is 0. The molecule has 2 atom stereocenters. The largest absolute Gasteiger partial charge is 0.456 e. The minimum atomic E-state index is -1.39. The van der Waals surface area contributed by atoms with Crippen LogP contribution in [0.2, 0.25) is 0 Å². The summed E-state index contributed by atoms with van der Waals surface area (Å²) in [4.78, 5) is 58.3. The first-order chi connectivity index (χ1) is 41.1. The van der Waals surface area contributed by atoms with Gasteiger partial charge in [-0.25, -0.2) is 25.4 Å². The Morgan fingerprint density at radius 1 is 0.835 bits per heavy atom. The number of aliphatic hydroxyl groups excluding tert-OH is 1. The molecule has 1 fully saturated rings. The van der Waals surface area contributed by atoms with Gasteiger partial charge in [-0.2, -0.15) is 5.26 Å². The molecule has 6 rings (SSSR count). The molecular formula is C65H99N7O11P2. The van der Waals surface area contributed by atoms with Crippen LogP contribution in [-0.4, -0.2) is 139 Å². The number of hydrogen-bond donors (Lipinski definition) is 2. The van der Waals surface area contributed by atoms with Crippen LogP contribution in [0, 0.1) is 35.7 Å². The summed E-state index contributed by atoms with van der Waals surface area (Å²) < 4.78 is 58.1. The third-order valence-corrected chi connectivity index (χ3v) is 19.7. The van der Waals surface area contributed by atoms with Crippen molar-refractivity contribution >= 4 is 40.7 Å². The van der Waals surface area contributed by atoms with Crippen LogP contribution in [-0.2, 0) is 33.5 Å². The number of amides is 2. The van der Waals surface area contributed by atoms with Gasteiger partial charge in [-0.3, -0.25) is 14.4 Å². The van der Waals surface area contributed by atoms with Gasteiger partial charge in [-0.05, 0) is 178 Å². The Morgan fingerprint density at radius 3 is 1.96 bits per heavy atom. The number of nitrogens with zero attached hydrogens (tertiary/aromatic N) is 6. The van der Waals surface area contributed by atoms with Crippen LogP contribution in [0.4, 0.5) is 0 Å². The summed E-state index contributed by atoms with van der Waals surface area (Å²) in [6.07, 6.45) is 4.33. The smallest absolute Gasteiger partial charge is 0.340 e. The highest BCUT2D eigenvalue weighted by Gasteiger charge is 2.54. The molecule has 3 aliphatic rings. The number of aliphatic hydroxyl groups is 1. The molecule has 2 N–H and O–H groups in total. The monoisotopic (exact) mass is 1220 g/mol. The molecule has 3 heterocycles. The second-order valence-electron chi connectivity index (χ2n) is 24.6. The molecule has 0 bridgehead atoms. The lowest BCUT2D eigenvalue weighted by atomic mass is 9.77. The minimum absolute atomic E-state index is 0.0937. The van der Waals surface area contributed by atoms with Crippen LogP contribution in [0.1, 0.15) is 200 Å². The van der Waals surface area contributed by atoms with E-state index in [2.05, 4.69) is 118 Å². The Labute approximate surface area is 514 Å². The third-order valence-electron chi connectivity index (χ3n) is 14.6. The fourth-order valence-corrected chi connectivity index (χ4v) is 14.7. The Kier molecular flexibility index (Phi) is 27.0. The van der Waals surface area contributed by atoms with E-state index >= 15 is 0 Å². The van der Waals surface area contributed by atoms with Gasteiger partial charge < -0.3 is 48.0 Å². The zero-order valence-electron chi connectivity index (χ0n) is 55.8. The van der Waals surface area contributed by atoms with Gasteiger partial charge in [0.15, 0.2) is 14.1 Å². The number of esters is 2. The molecule has 2 unspecified atom stereocenters. The summed E-state index contributed by atoms with van der Waals surface area (Å²) in [5, 5.41) is 15.2. The number of nitrogens with one attached hydrogen (secondary N) is 1. The van der Waals surface area contributed by atoms with Gasteiger partial charge in [-0.1, -0.05) is 31.5 Å². The number of aryl methyl sites for hydroxylation is 1. The van der Waals surface area contributed by atoms with Crippen LogP contribution in [0.15, 0.2) is 54.6 Å². The number of nitriles is 1. The Morgan fingerprint density at radius 2 is 1.41 bits per heavy atom. The Bertz CT molecular complexity index is 2770. The lowest BCUT2D eigenvalue weighted by molar-refractivity contribution is -0.143. The number of likely N-dealkylation sites (tertiary alicyclic amines) is 1. The van der Waals surface area contributed by atoms with Crippen LogP contribution >= 0.6 is 17.0 Å². The van der Waals surface area contributed by atoms with Crippen molar-refractivity contribution in [3.05, 3.63) is 99.4 Å². The maximum absolute atomic E-state index is 13.7. The summed E-state index contributed by atoms with van der Waals surface area (Å²) in [5.74, 6) is -0.00364.